The van der Waals surface area contributed by atoms with Crippen molar-refractivity contribution in [2.45, 2.75) is 32.4 Å². The lowest BCUT2D eigenvalue weighted by atomic mass is 9.99. The van der Waals surface area contributed by atoms with Crippen LogP contribution in [0.5, 0.6) is 11.5 Å². The van der Waals surface area contributed by atoms with Crippen molar-refractivity contribution >= 4 is 38.2 Å². The standard InChI is InChI=1S/C41H42FN5O7.2H2O4S/c1-25-3-7-36(44-18-25)33-21-47(20-26-9-11-51-12-10-26)22-34(39(33)48)41(49)46-29-5-6-31(35(42)17-29)32-15-28(19-45-40(32)43)27-4-8-37(38(16-27)50-2)54-24-30-23-52-13-14-53-30;2*1-5(2,3)4/h3-8,15-19,21-22,26,30H,9-14,20,23-24H2,1-2H3,(H2,43,45)(H,46,49);2*(H2,1,2,3,4)/t30-;;/m1../s1. The average Bonchev–Trinajstić information content (AvgIpc) is 3.24. The van der Waals surface area contributed by atoms with Gasteiger partial charge in [0, 0.05) is 66.9 Å². The van der Waals surface area contributed by atoms with Crippen LogP contribution in [0.15, 0.2) is 84.2 Å². The number of nitrogens with two attached hydrogens (primary N) is 1. The number of halogens is 1. The molecule has 344 valence electrons. The topological polar surface area (TPSA) is 298 Å². The first-order chi connectivity index (χ1) is 30.2. The molecule has 0 saturated carbocycles. The molecule has 2 aliphatic rings. The van der Waals surface area contributed by atoms with E-state index in [0.717, 1.165) is 24.0 Å². The Hall–Kier alpha value is -5.89. The SMILES string of the molecule is COc1cc(-c2cnc(N)c(-c3ccc(NC(=O)c4cn(CC5CCOCC5)cc(-c5ccc(C)cn5)c4=O)cc3F)c2)ccc1OC[C@H]1COCCO1.O=S(=O)(O)O.O=S(=O)(O)O. The third-order valence-corrected chi connectivity index (χ3v) is 9.56. The molecule has 2 aromatic carbocycles. The van der Waals surface area contributed by atoms with Crippen molar-refractivity contribution in [1.29, 1.82) is 0 Å². The Morgan fingerprint density at radius 1 is 0.859 bits per heavy atom. The maximum absolute atomic E-state index is 15.9. The number of pyridine rings is 3. The van der Waals surface area contributed by atoms with Gasteiger partial charge in [-0.3, -0.25) is 32.8 Å². The molecule has 20 nitrogen and oxygen atoms in total. The van der Waals surface area contributed by atoms with Gasteiger partial charge >= 0.3 is 20.8 Å². The van der Waals surface area contributed by atoms with Crippen molar-refractivity contribution in [3.05, 3.63) is 107 Å². The molecule has 0 aliphatic carbocycles. The van der Waals surface area contributed by atoms with Crippen molar-refractivity contribution in [1.82, 2.24) is 14.5 Å². The van der Waals surface area contributed by atoms with Gasteiger partial charge in [0.1, 0.15) is 29.9 Å². The summed E-state index contributed by atoms with van der Waals surface area (Å²) in [6, 6.07) is 15.1. The Bertz CT molecular complexity index is 2650. The van der Waals surface area contributed by atoms with Crippen LogP contribution in [0.2, 0.25) is 0 Å². The molecule has 1 amide bonds. The van der Waals surface area contributed by atoms with Gasteiger partial charge in [-0.05, 0) is 79.3 Å². The number of hydrogen-bond donors (Lipinski definition) is 6. The lowest BCUT2D eigenvalue weighted by molar-refractivity contribution is -0.101. The van der Waals surface area contributed by atoms with Gasteiger partial charge in [0.15, 0.2) is 11.5 Å². The van der Waals surface area contributed by atoms with E-state index < -0.39 is 38.0 Å². The van der Waals surface area contributed by atoms with Crippen molar-refractivity contribution in [2.24, 2.45) is 5.92 Å². The second-order valence-corrected chi connectivity index (χ2v) is 16.1. The highest BCUT2D eigenvalue weighted by molar-refractivity contribution is 7.80. The van der Waals surface area contributed by atoms with Crippen molar-refractivity contribution in [3.8, 4) is 45.0 Å². The molecule has 0 spiro atoms. The highest BCUT2D eigenvalue weighted by atomic mass is 32.3. The van der Waals surface area contributed by atoms with Gasteiger partial charge in [-0.2, -0.15) is 16.8 Å². The fraction of sp³-hybridized carbons (Fsp3) is 0.317. The molecule has 23 heteroatoms. The van der Waals surface area contributed by atoms with Crippen molar-refractivity contribution in [2.75, 3.05) is 57.8 Å². The van der Waals surface area contributed by atoms with Crippen LogP contribution in [0.4, 0.5) is 15.9 Å². The minimum absolute atomic E-state index is 0.0734. The molecule has 0 bridgehead atoms. The van der Waals surface area contributed by atoms with Crippen LogP contribution in [0.25, 0.3) is 33.5 Å². The minimum atomic E-state index is -4.67. The third kappa shape index (κ3) is 15.1. The molecule has 3 aromatic heterocycles. The van der Waals surface area contributed by atoms with Gasteiger partial charge in [0.05, 0.1) is 38.2 Å². The first-order valence-electron chi connectivity index (χ1n) is 19.3. The summed E-state index contributed by atoms with van der Waals surface area (Å²) in [7, 11) is -7.78. The Kier molecular flexibility index (Phi) is 17.0. The third-order valence-electron chi connectivity index (χ3n) is 9.56. The number of aryl methyl sites for hydroxylation is 1. The largest absolute Gasteiger partial charge is 0.493 e. The van der Waals surface area contributed by atoms with Crippen LogP contribution in [0.1, 0.15) is 28.8 Å². The molecular weight excluding hydrogens is 886 g/mol. The van der Waals surface area contributed by atoms with Crippen LogP contribution in [-0.4, -0.2) is 108 Å². The highest BCUT2D eigenvalue weighted by Gasteiger charge is 2.22. The van der Waals surface area contributed by atoms with Gasteiger partial charge in [-0.25, -0.2) is 9.37 Å². The highest BCUT2D eigenvalue weighted by Crippen LogP contribution is 2.36. The molecule has 7 N–H and O–H groups in total. The number of ether oxygens (including phenoxy) is 5. The number of amides is 1. The van der Waals surface area contributed by atoms with E-state index >= 15 is 4.39 Å². The van der Waals surface area contributed by atoms with E-state index in [1.165, 1.54) is 12.1 Å². The number of nitrogens with zero attached hydrogens (tertiary/aromatic N) is 3. The predicted molar refractivity (Wildman–Crippen MR) is 231 cm³/mol. The van der Waals surface area contributed by atoms with Gasteiger partial charge in [0.2, 0.25) is 5.43 Å². The quantitative estimate of drug-likeness (QED) is 0.0965. The molecular formula is C41H46FN5O15S2. The smallest absolute Gasteiger partial charge is 0.394 e. The molecule has 2 saturated heterocycles. The van der Waals surface area contributed by atoms with Crippen LogP contribution >= 0.6 is 0 Å². The van der Waals surface area contributed by atoms with Gasteiger partial charge < -0.3 is 39.3 Å². The number of carbonyl (C=O) groups excluding carboxylic acids is 1. The first kappa shape index (κ1) is 49.1. The number of benzene rings is 2. The number of carbonyl (C=O) groups is 1. The molecule has 0 radical (unpaired) electrons. The molecule has 5 heterocycles. The summed E-state index contributed by atoms with van der Waals surface area (Å²) in [4.78, 5) is 36.2. The normalized spacial score (nSPS) is 15.5. The number of hydrogen-bond acceptors (Lipinski definition) is 14. The van der Waals surface area contributed by atoms with Crippen molar-refractivity contribution in [3.63, 3.8) is 0 Å². The van der Waals surface area contributed by atoms with Crippen LogP contribution in [-0.2, 0) is 41.6 Å². The summed E-state index contributed by atoms with van der Waals surface area (Å²) >= 11 is 0. The molecule has 2 fully saturated rings. The average molecular weight is 932 g/mol. The van der Waals surface area contributed by atoms with Gasteiger partial charge in [0.25, 0.3) is 5.91 Å². The number of rotatable bonds is 11. The van der Waals surface area contributed by atoms with Crippen LogP contribution in [0.3, 0.4) is 0 Å². The number of anilines is 2. The van der Waals surface area contributed by atoms with Crippen molar-refractivity contribution < 1.29 is 67.9 Å². The zero-order chi connectivity index (χ0) is 46.6. The molecule has 0 unspecified atom stereocenters. The predicted octanol–water partition coefficient (Wildman–Crippen LogP) is 4.85. The molecule has 7 rings (SSSR count). The number of nitrogens with one attached hydrogen (secondary N) is 1. The minimum Gasteiger partial charge on any atom is -0.493 e. The van der Waals surface area contributed by atoms with E-state index in [1.54, 1.807) is 62.2 Å². The number of methoxy groups -OCH3 is 1. The number of nitrogen functional groups attached to an aromatic ring is 1. The monoisotopic (exact) mass is 931 g/mol. The number of aromatic nitrogens is 3. The fourth-order valence-corrected chi connectivity index (χ4v) is 6.58. The summed E-state index contributed by atoms with van der Waals surface area (Å²) in [6.07, 6.45) is 8.17. The maximum Gasteiger partial charge on any atom is 0.394 e. The van der Waals surface area contributed by atoms with Crippen LogP contribution < -0.4 is 26.0 Å². The lowest BCUT2D eigenvalue weighted by Gasteiger charge is -2.23. The summed E-state index contributed by atoms with van der Waals surface area (Å²) in [5.41, 5.74) is 9.58. The van der Waals surface area contributed by atoms with E-state index in [2.05, 4.69) is 15.3 Å². The van der Waals surface area contributed by atoms with Crippen LogP contribution in [0, 0.1) is 18.7 Å². The van der Waals surface area contributed by atoms with E-state index in [9.17, 15) is 9.59 Å². The lowest BCUT2D eigenvalue weighted by Crippen LogP contribution is -2.33. The van der Waals surface area contributed by atoms with Gasteiger partial charge in [-0.15, -0.1) is 0 Å². The van der Waals surface area contributed by atoms with E-state index in [4.69, 9.17) is 64.5 Å². The Labute approximate surface area is 367 Å². The molecule has 64 heavy (non-hydrogen) atoms. The molecule has 1 atom stereocenters. The van der Waals surface area contributed by atoms with Gasteiger partial charge in [-0.1, -0.05) is 12.1 Å². The second kappa shape index (κ2) is 22.1. The Balaban J connectivity index is 0.000000695. The Morgan fingerprint density at radius 2 is 1.58 bits per heavy atom. The molecule has 5 aromatic rings. The molecule has 2 aliphatic heterocycles. The van der Waals surface area contributed by atoms with E-state index in [1.807, 2.05) is 23.6 Å². The second-order valence-electron chi connectivity index (χ2n) is 14.3. The zero-order valence-electron chi connectivity index (χ0n) is 34.4. The fourth-order valence-electron chi connectivity index (χ4n) is 6.58. The van der Waals surface area contributed by atoms with E-state index in [-0.39, 0.29) is 28.7 Å². The van der Waals surface area contributed by atoms with E-state index in [0.29, 0.717) is 86.0 Å². The summed E-state index contributed by atoms with van der Waals surface area (Å²) in [5.74, 6) is 0.206. The summed E-state index contributed by atoms with van der Waals surface area (Å²) in [6.45, 7) is 5.72. The maximum atomic E-state index is 15.9. The summed E-state index contributed by atoms with van der Waals surface area (Å²) < 4.78 is 109. The first-order valence-corrected chi connectivity index (χ1v) is 22.1. The summed E-state index contributed by atoms with van der Waals surface area (Å²) in [5, 5.41) is 2.72. The zero-order valence-corrected chi connectivity index (χ0v) is 36.1. The Morgan fingerprint density at radius 3 is 2.20 bits per heavy atom.